The van der Waals surface area contributed by atoms with E-state index in [0.29, 0.717) is 18.1 Å². The van der Waals surface area contributed by atoms with Gasteiger partial charge in [-0.05, 0) is 19.8 Å². The number of rotatable bonds is 1. The lowest BCUT2D eigenvalue weighted by Gasteiger charge is -2.37. The van der Waals surface area contributed by atoms with Gasteiger partial charge in [-0.1, -0.05) is 20.8 Å². The van der Waals surface area contributed by atoms with Gasteiger partial charge in [0.25, 0.3) is 0 Å². The number of hydrogen-bond acceptors (Lipinski definition) is 2. The van der Waals surface area contributed by atoms with E-state index >= 15 is 0 Å². The van der Waals surface area contributed by atoms with Crippen LogP contribution in [0.15, 0.2) is 0 Å². The maximum Gasteiger partial charge on any atom is 0.0675 e. The van der Waals surface area contributed by atoms with Crippen LogP contribution in [0.5, 0.6) is 0 Å². The summed E-state index contributed by atoms with van der Waals surface area (Å²) in [6.07, 6.45) is 0.688. The van der Waals surface area contributed by atoms with Crippen LogP contribution in [0.4, 0.5) is 0 Å². The van der Waals surface area contributed by atoms with Gasteiger partial charge in [-0.15, -0.1) is 0 Å². The van der Waals surface area contributed by atoms with Gasteiger partial charge in [0.15, 0.2) is 0 Å². The molecule has 1 rings (SSSR count). The first-order valence-corrected chi connectivity index (χ1v) is 5.33. The van der Waals surface area contributed by atoms with Crippen LogP contribution in [0.2, 0.25) is 0 Å². The summed E-state index contributed by atoms with van der Waals surface area (Å²) in [5.41, 5.74) is 0.269. The fourth-order valence-electron chi connectivity index (χ4n) is 1.91. The fraction of sp³-hybridized carbons (Fsp3) is 1.00. The second kappa shape index (κ2) is 3.97. The van der Waals surface area contributed by atoms with E-state index in [1.807, 2.05) is 0 Å². The van der Waals surface area contributed by atoms with E-state index < -0.39 is 0 Å². The molecule has 0 aromatic rings. The van der Waals surface area contributed by atoms with Crippen molar-refractivity contribution in [2.45, 2.75) is 46.8 Å². The van der Waals surface area contributed by atoms with Gasteiger partial charge in [0, 0.05) is 18.5 Å². The molecule has 0 aromatic heterocycles. The molecule has 1 fully saturated rings. The maximum atomic E-state index is 5.93. The first kappa shape index (κ1) is 11.0. The predicted octanol–water partition coefficient (Wildman–Crippen LogP) is 2.05. The van der Waals surface area contributed by atoms with Crippen LogP contribution < -0.4 is 5.32 Å². The molecule has 1 aliphatic rings. The number of nitrogens with one attached hydrogen (secondary N) is 1. The third kappa shape index (κ3) is 2.23. The van der Waals surface area contributed by atoms with Gasteiger partial charge < -0.3 is 10.1 Å². The van der Waals surface area contributed by atoms with Crippen LogP contribution in [-0.2, 0) is 4.74 Å². The molecule has 0 aliphatic carbocycles. The Labute approximate surface area is 82.0 Å². The lowest BCUT2D eigenvalue weighted by molar-refractivity contribution is -0.0560. The molecule has 1 unspecified atom stereocenters. The second-order valence-corrected chi connectivity index (χ2v) is 4.88. The predicted molar refractivity (Wildman–Crippen MR) is 55.8 cm³/mol. The summed E-state index contributed by atoms with van der Waals surface area (Å²) in [5.74, 6) is 0.653. The Morgan fingerprint density at radius 3 is 2.54 bits per heavy atom. The van der Waals surface area contributed by atoms with Gasteiger partial charge in [0.1, 0.15) is 0 Å². The molecule has 3 atom stereocenters. The van der Waals surface area contributed by atoms with E-state index in [-0.39, 0.29) is 5.41 Å². The van der Waals surface area contributed by atoms with E-state index in [2.05, 4.69) is 39.9 Å². The van der Waals surface area contributed by atoms with Crippen molar-refractivity contribution < 1.29 is 4.74 Å². The molecule has 0 bridgehead atoms. The maximum absolute atomic E-state index is 5.93. The zero-order valence-corrected chi connectivity index (χ0v) is 9.55. The Balaban J connectivity index is 2.73. The van der Waals surface area contributed by atoms with Crippen LogP contribution in [0.1, 0.15) is 34.6 Å². The minimum Gasteiger partial charge on any atom is -0.374 e. The average Bonchev–Trinajstić information content (AvgIpc) is 2.13. The van der Waals surface area contributed by atoms with Gasteiger partial charge in [0.05, 0.1) is 12.2 Å². The van der Waals surface area contributed by atoms with Crippen molar-refractivity contribution >= 4 is 0 Å². The summed E-state index contributed by atoms with van der Waals surface area (Å²) >= 11 is 0. The van der Waals surface area contributed by atoms with Crippen molar-refractivity contribution in [2.24, 2.45) is 11.3 Å². The molecular formula is C11H23NO. The SMILES string of the molecule is CC(C)C1(C)CNC[C@@H](C)O[C@H]1C. The van der Waals surface area contributed by atoms with E-state index in [0.717, 1.165) is 13.1 Å². The van der Waals surface area contributed by atoms with Crippen LogP contribution in [0.3, 0.4) is 0 Å². The highest BCUT2D eigenvalue weighted by atomic mass is 16.5. The van der Waals surface area contributed by atoms with Crippen LogP contribution in [-0.4, -0.2) is 25.3 Å². The quantitative estimate of drug-likeness (QED) is 0.675. The topological polar surface area (TPSA) is 21.3 Å². The largest absolute Gasteiger partial charge is 0.374 e. The average molecular weight is 185 g/mol. The van der Waals surface area contributed by atoms with Crippen molar-refractivity contribution in [2.75, 3.05) is 13.1 Å². The Bertz CT molecular complexity index is 169. The molecule has 1 N–H and O–H groups in total. The Morgan fingerprint density at radius 1 is 1.38 bits per heavy atom. The van der Waals surface area contributed by atoms with Gasteiger partial charge in [-0.25, -0.2) is 0 Å². The molecule has 0 saturated carbocycles. The van der Waals surface area contributed by atoms with Crippen LogP contribution >= 0.6 is 0 Å². The molecule has 0 aromatic carbocycles. The summed E-state index contributed by atoms with van der Waals surface area (Å²) in [6, 6.07) is 0. The third-order valence-corrected chi connectivity index (χ3v) is 3.62. The van der Waals surface area contributed by atoms with Gasteiger partial charge in [-0.3, -0.25) is 0 Å². The Hall–Kier alpha value is -0.0800. The lowest BCUT2D eigenvalue weighted by atomic mass is 9.75. The van der Waals surface area contributed by atoms with Gasteiger partial charge in [0.2, 0.25) is 0 Å². The van der Waals surface area contributed by atoms with Crippen molar-refractivity contribution in [3.8, 4) is 0 Å². The number of hydrogen-bond donors (Lipinski definition) is 1. The molecule has 0 radical (unpaired) electrons. The third-order valence-electron chi connectivity index (χ3n) is 3.62. The molecule has 13 heavy (non-hydrogen) atoms. The highest BCUT2D eigenvalue weighted by Crippen LogP contribution is 2.33. The molecular weight excluding hydrogens is 162 g/mol. The van der Waals surface area contributed by atoms with E-state index in [1.165, 1.54) is 0 Å². The molecule has 2 nitrogen and oxygen atoms in total. The van der Waals surface area contributed by atoms with Crippen molar-refractivity contribution in [3.63, 3.8) is 0 Å². The molecule has 78 valence electrons. The molecule has 1 aliphatic heterocycles. The normalized spacial score (nSPS) is 42.0. The van der Waals surface area contributed by atoms with E-state index in [9.17, 15) is 0 Å². The van der Waals surface area contributed by atoms with Gasteiger partial charge in [-0.2, -0.15) is 0 Å². The summed E-state index contributed by atoms with van der Waals surface area (Å²) in [4.78, 5) is 0. The zero-order chi connectivity index (χ0) is 10.1. The summed E-state index contributed by atoms with van der Waals surface area (Å²) in [5, 5.41) is 3.47. The lowest BCUT2D eigenvalue weighted by Crippen LogP contribution is -2.42. The Morgan fingerprint density at radius 2 is 2.00 bits per heavy atom. The summed E-state index contributed by atoms with van der Waals surface area (Å²) < 4.78 is 5.93. The highest BCUT2D eigenvalue weighted by molar-refractivity contribution is 4.88. The van der Waals surface area contributed by atoms with E-state index in [1.54, 1.807) is 0 Å². The minimum atomic E-state index is 0.269. The first-order chi connectivity index (χ1) is 5.97. The van der Waals surface area contributed by atoms with Crippen LogP contribution in [0.25, 0.3) is 0 Å². The second-order valence-electron chi connectivity index (χ2n) is 4.88. The summed E-state index contributed by atoms with van der Waals surface area (Å²) in [7, 11) is 0. The zero-order valence-electron chi connectivity index (χ0n) is 9.55. The van der Waals surface area contributed by atoms with E-state index in [4.69, 9.17) is 4.74 Å². The highest BCUT2D eigenvalue weighted by Gasteiger charge is 2.37. The molecule has 2 heteroatoms. The number of ether oxygens (including phenoxy) is 1. The fourth-order valence-corrected chi connectivity index (χ4v) is 1.91. The standard InChI is InChI=1S/C11H23NO/c1-8(2)11(5)7-12-6-9(3)13-10(11)4/h8-10,12H,6-7H2,1-5H3/t9-,10+,11?/m1/s1. The molecule has 1 heterocycles. The minimum absolute atomic E-state index is 0.269. The van der Waals surface area contributed by atoms with Crippen molar-refractivity contribution in [1.82, 2.24) is 5.32 Å². The molecule has 0 amide bonds. The first-order valence-electron chi connectivity index (χ1n) is 5.33. The van der Waals surface area contributed by atoms with Gasteiger partial charge >= 0.3 is 0 Å². The van der Waals surface area contributed by atoms with Crippen LogP contribution in [0, 0.1) is 11.3 Å². The molecule has 1 saturated heterocycles. The monoisotopic (exact) mass is 185 g/mol. The smallest absolute Gasteiger partial charge is 0.0675 e. The molecule has 0 spiro atoms. The summed E-state index contributed by atoms with van der Waals surface area (Å²) in [6.45, 7) is 13.2. The van der Waals surface area contributed by atoms with Crippen molar-refractivity contribution in [1.29, 1.82) is 0 Å². The Kier molecular flexibility index (Phi) is 3.36. The van der Waals surface area contributed by atoms with Crippen molar-refractivity contribution in [3.05, 3.63) is 0 Å².